The van der Waals surface area contributed by atoms with Crippen molar-refractivity contribution < 1.29 is 4.79 Å². The molecule has 4 rings (SSSR count). The van der Waals surface area contributed by atoms with Crippen molar-refractivity contribution in [3.63, 3.8) is 0 Å². The average Bonchev–Trinajstić information content (AvgIpc) is 2.59. The van der Waals surface area contributed by atoms with Gasteiger partial charge in [-0.05, 0) is 63.1 Å². The minimum atomic E-state index is 0.391. The van der Waals surface area contributed by atoms with Crippen molar-refractivity contribution in [3.8, 4) is 0 Å². The molecule has 3 aliphatic rings. The van der Waals surface area contributed by atoms with Gasteiger partial charge in [-0.3, -0.25) is 4.79 Å². The number of rotatable bonds is 5. The Morgan fingerprint density at radius 2 is 1.92 bits per heavy atom. The van der Waals surface area contributed by atoms with Gasteiger partial charge in [0.15, 0.2) is 0 Å². The summed E-state index contributed by atoms with van der Waals surface area (Å²) >= 11 is 0. The van der Waals surface area contributed by atoms with Gasteiger partial charge >= 0.3 is 0 Å². The molecule has 1 aromatic heterocycles. The molecule has 2 aliphatic carbocycles. The Balaban J connectivity index is 1.25. The van der Waals surface area contributed by atoms with E-state index in [-0.39, 0.29) is 0 Å². The zero-order chi connectivity index (χ0) is 17.4. The van der Waals surface area contributed by atoms with E-state index < -0.39 is 0 Å². The molecule has 136 valence electrons. The number of aromatic nitrogens is 2. The van der Waals surface area contributed by atoms with Crippen LogP contribution < -0.4 is 0 Å². The van der Waals surface area contributed by atoms with Gasteiger partial charge in [0.2, 0.25) is 0 Å². The van der Waals surface area contributed by atoms with Crippen LogP contribution in [0.4, 0.5) is 0 Å². The van der Waals surface area contributed by atoms with Crippen molar-refractivity contribution in [1.29, 1.82) is 0 Å². The summed E-state index contributed by atoms with van der Waals surface area (Å²) in [5.41, 5.74) is 1.79. The third kappa shape index (κ3) is 3.25. The van der Waals surface area contributed by atoms with Crippen LogP contribution in [0.3, 0.4) is 0 Å². The predicted molar refractivity (Wildman–Crippen MR) is 98.4 cm³/mol. The van der Waals surface area contributed by atoms with Crippen LogP contribution in [-0.2, 0) is 11.2 Å². The summed E-state index contributed by atoms with van der Waals surface area (Å²) in [4.78, 5) is 23.6. The smallest absolute Gasteiger partial charge is 0.135 e. The van der Waals surface area contributed by atoms with Crippen molar-refractivity contribution in [1.82, 2.24) is 14.9 Å². The molecular formula is C21H31N3O. The van der Waals surface area contributed by atoms with Gasteiger partial charge in [0, 0.05) is 42.6 Å². The van der Waals surface area contributed by atoms with Gasteiger partial charge in [-0.1, -0.05) is 13.8 Å². The van der Waals surface area contributed by atoms with Crippen molar-refractivity contribution in [2.75, 3.05) is 13.1 Å². The topological polar surface area (TPSA) is 46.1 Å². The number of aryl methyl sites for hydroxylation is 1. The molecule has 0 radical (unpaired) electrons. The van der Waals surface area contributed by atoms with E-state index >= 15 is 0 Å². The van der Waals surface area contributed by atoms with Gasteiger partial charge in [-0.25, -0.2) is 9.97 Å². The van der Waals surface area contributed by atoms with Crippen LogP contribution in [0.25, 0.3) is 0 Å². The monoisotopic (exact) mass is 341 g/mol. The van der Waals surface area contributed by atoms with Gasteiger partial charge in [0.25, 0.3) is 0 Å². The Morgan fingerprint density at radius 1 is 1.20 bits per heavy atom. The number of Topliss-reactive ketones (excluding diaryl/α,β-unsaturated/α-hetero) is 1. The highest BCUT2D eigenvalue weighted by atomic mass is 16.1. The zero-order valence-electron chi connectivity index (χ0n) is 15.7. The maximum absolute atomic E-state index is 11.8. The molecule has 1 spiro atoms. The highest BCUT2D eigenvalue weighted by molar-refractivity contribution is 5.81. The van der Waals surface area contributed by atoms with E-state index in [1.165, 1.54) is 57.3 Å². The highest BCUT2D eigenvalue weighted by Crippen LogP contribution is 2.60. The summed E-state index contributed by atoms with van der Waals surface area (Å²) in [6.07, 6.45) is 11.0. The second-order valence-electron chi connectivity index (χ2n) is 8.55. The maximum atomic E-state index is 11.8. The van der Waals surface area contributed by atoms with Crippen molar-refractivity contribution in [2.24, 2.45) is 11.3 Å². The average molecular weight is 341 g/mol. The molecule has 2 saturated carbocycles. The molecule has 1 aliphatic heterocycles. The van der Waals surface area contributed by atoms with Crippen LogP contribution in [0.2, 0.25) is 0 Å². The Kier molecular flexibility index (Phi) is 4.65. The van der Waals surface area contributed by atoms with E-state index in [1.54, 1.807) is 0 Å². The van der Waals surface area contributed by atoms with Gasteiger partial charge in [0.05, 0.1) is 0 Å². The summed E-state index contributed by atoms with van der Waals surface area (Å²) in [7, 11) is 0. The van der Waals surface area contributed by atoms with Crippen molar-refractivity contribution in [2.45, 2.75) is 77.2 Å². The fraction of sp³-hybridized carbons (Fsp3) is 0.762. The summed E-state index contributed by atoms with van der Waals surface area (Å²) in [5.74, 6) is 2.46. The number of piperidine rings is 1. The molecule has 3 fully saturated rings. The zero-order valence-corrected chi connectivity index (χ0v) is 15.7. The van der Waals surface area contributed by atoms with Crippen LogP contribution in [-0.4, -0.2) is 39.8 Å². The minimum absolute atomic E-state index is 0.391. The molecule has 0 bridgehead atoms. The molecule has 25 heavy (non-hydrogen) atoms. The normalized spacial score (nSPS) is 33.0. The fourth-order valence-electron chi connectivity index (χ4n) is 5.41. The molecule has 1 aromatic rings. The van der Waals surface area contributed by atoms with E-state index in [0.717, 1.165) is 24.7 Å². The fourth-order valence-corrected chi connectivity index (χ4v) is 5.41. The van der Waals surface area contributed by atoms with Crippen molar-refractivity contribution >= 4 is 5.78 Å². The first-order chi connectivity index (χ1) is 12.1. The third-order valence-electron chi connectivity index (χ3n) is 7.01. The third-order valence-corrected chi connectivity index (χ3v) is 7.01. The summed E-state index contributed by atoms with van der Waals surface area (Å²) in [6.45, 7) is 6.53. The molecule has 4 nitrogen and oxygen atoms in total. The van der Waals surface area contributed by atoms with Gasteiger partial charge in [-0.15, -0.1) is 0 Å². The largest absolute Gasteiger partial charge is 0.300 e. The number of hydrogen-bond acceptors (Lipinski definition) is 4. The van der Waals surface area contributed by atoms with Gasteiger partial charge in [-0.2, -0.15) is 0 Å². The first kappa shape index (κ1) is 17.1. The second-order valence-corrected chi connectivity index (χ2v) is 8.55. The Hall–Kier alpha value is -1.29. The number of hydrogen-bond donors (Lipinski definition) is 0. The quantitative estimate of drug-likeness (QED) is 0.818. The van der Waals surface area contributed by atoms with E-state index in [1.807, 2.05) is 13.1 Å². The molecular weight excluding hydrogens is 310 g/mol. The summed E-state index contributed by atoms with van der Waals surface area (Å²) in [5, 5.41) is 0. The van der Waals surface area contributed by atoms with E-state index in [0.29, 0.717) is 23.0 Å². The number of ketones is 1. The molecule has 0 unspecified atom stereocenters. The molecule has 4 heteroatoms. The van der Waals surface area contributed by atoms with E-state index in [2.05, 4.69) is 22.9 Å². The first-order valence-electron chi connectivity index (χ1n) is 10.2. The Bertz CT molecular complexity index is 622. The number of carbonyl (C=O) groups excluding carboxylic acids is 1. The maximum Gasteiger partial charge on any atom is 0.135 e. The summed E-state index contributed by atoms with van der Waals surface area (Å²) < 4.78 is 0. The van der Waals surface area contributed by atoms with Crippen molar-refractivity contribution in [3.05, 3.63) is 23.8 Å². The lowest BCUT2D eigenvalue weighted by molar-refractivity contribution is -0.141. The molecule has 0 atom stereocenters. The van der Waals surface area contributed by atoms with E-state index in [4.69, 9.17) is 4.98 Å². The SMILES string of the molecule is CCC(=O)C1CC2(C1)CC(N1CCC(c3ccnc(CC)n3)CC1)C2. The van der Waals surface area contributed by atoms with Crippen LogP contribution in [0, 0.1) is 11.3 Å². The Morgan fingerprint density at radius 3 is 2.56 bits per heavy atom. The standard InChI is InChI=1S/C21H31N3O/c1-3-19(25)16-11-21(12-16)13-17(14-21)24-9-6-15(7-10-24)18-5-8-22-20(4-2)23-18/h5,8,15-17H,3-4,6-7,9-14H2,1-2H3. The highest BCUT2D eigenvalue weighted by Gasteiger charge is 2.55. The molecule has 2 heterocycles. The summed E-state index contributed by atoms with van der Waals surface area (Å²) in [6, 6.07) is 2.88. The van der Waals surface area contributed by atoms with E-state index in [9.17, 15) is 4.79 Å². The van der Waals surface area contributed by atoms with Crippen LogP contribution >= 0.6 is 0 Å². The lowest BCUT2D eigenvalue weighted by Crippen LogP contribution is -2.58. The van der Waals surface area contributed by atoms with Crippen LogP contribution in [0.1, 0.15) is 76.2 Å². The number of nitrogens with zero attached hydrogens (tertiary/aromatic N) is 3. The molecule has 1 saturated heterocycles. The predicted octanol–water partition coefficient (Wildman–Crippen LogP) is 3.76. The lowest BCUT2D eigenvalue weighted by atomic mass is 9.49. The lowest BCUT2D eigenvalue weighted by Gasteiger charge is -2.60. The minimum Gasteiger partial charge on any atom is -0.300 e. The van der Waals surface area contributed by atoms with Crippen LogP contribution in [0.5, 0.6) is 0 Å². The molecule has 0 N–H and O–H groups in total. The number of carbonyl (C=O) groups is 1. The van der Waals surface area contributed by atoms with Gasteiger partial charge in [0.1, 0.15) is 11.6 Å². The second kappa shape index (κ2) is 6.79. The van der Waals surface area contributed by atoms with Gasteiger partial charge < -0.3 is 4.90 Å². The van der Waals surface area contributed by atoms with Crippen LogP contribution in [0.15, 0.2) is 12.3 Å². The first-order valence-corrected chi connectivity index (χ1v) is 10.2. The molecule has 0 aromatic carbocycles. The molecule has 0 amide bonds. The Labute approximate surface area is 151 Å². The number of likely N-dealkylation sites (tertiary alicyclic amines) is 1.